The molecule has 2 amide bonds. The first-order chi connectivity index (χ1) is 15.3. The zero-order valence-corrected chi connectivity index (χ0v) is 17.9. The average Bonchev–Trinajstić information content (AvgIpc) is 2.76. The van der Waals surface area contributed by atoms with Crippen molar-refractivity contribution in [2.75, 3.05) is 25.5 Å². The predicted molar refractivity (Wildman–Crippen MR) is 125 cm³/mol. The molecule has 10 nitrogen and oxygen atoms in total. The third-order valence-corrected chi connectivity index (χ3v) is 4.60. The van der Waals surface area contributed by atoms with Crippen LogP contribution in [0.4, 0.5) is 11.4 Å². The van der Waals surface area contributed by atoms with Gasteiger partial charge in [0.1, 0.15) is 0 Å². The third-order valence-electron chi connectivity index (χ3n) is 4.60. The van der Waals surface area contributed by atoms with Gasteiger partial charge in [-0.1, -0.05) is 18.2 Å². The first kappa shape index (κ1) is 24.7. The van der Waals surface area contributed by atoms with Crippen molar-refractivity contribution in [2.45, 2.75) is 18.8 Å². The number of amides is 2. The number of aliphatic imine (C=N–C) groups is 1. The van der Waals surface area contributed by atoms with Crippen LogP contribution in [0.1, 0.15) is 23.2 Å². The molecule has 0 aliphatic carbocycles. The van der Waals surface area contributed by atoms with Crippen molar-refractivity contribution in [2.24, 2.45) is 16.5 Å². The highest BCUT2D eigenvalue weighted by Gasteiger charge is 2.25. The fourth-order valence-corrected chi connectivity index (χ4v) is 2.96. The fraction of sp³-hybridized carbons (Fsp3) is 0.286. The van der Waals surface area contributed by atoms with Gasteiger partial charge in [0.2, 0.25) is 5.91 Å². The van der Waals surface area contributed by atoms with Crippen molar-refractivity contribution >= 4 is 36.3 Å². The van der Waals surface area contributed by atoms with E-state index >= 15 is 0 Å². The lowest BCUT2D eigenvalue weighted by molar-refractivity contribution is -0.122. The quantitative estimate of drug-likeness (QED) is 0.124. The minimum absolute atomic E-state index is 0.0563. The summed E-state index contributed by atoms with van der Waals surface area (Å²) >= 11 is 0. The molecule has 0 saturated carbocycles. The van der Waals surface area contributed by atoms with E-state index in [1.165, 1.54) is 11.9 Å². The molecule has 0 aliphatic heterocycles. The van der Waals surface area contributed by atoms with Gasteiger partial charge in [0, 0.05) is 30.5 Å². The topological polar surface area (TPSA) is 166 Å². The zero-order chi connectivity index (χ0) is 23.5. The molecular formula is C21H29BN6O4. The van der Waals surface area contributed by atoms with E-state index in [1.54, 1.807) is 24.3 Å². The molecule has 0 aliphatic rings. The number of carbonyl (C=O) groups excluding carboxylic acids is 2. The molecule has 2 aromatic rings. The molecule has 1 unspecified atom stereocenters. The van der Waals surface area contributed by atoms with Gasteiger partial charge in [-0.05, 0) is 49.2 Å². The third kappa shape index (κ3) is 8.28. The number of nitrogens with zero attached hydrogens (tertiary/aromatic N) is 2. The summed E-state index contributed by atoms with van der Waals surface area (Å²) in [5, 5.41) is 24.7. The molecule has 0 radical (unpaired) electrons. The van der Waals surface area contributed by atoms with Crippen molar-refractivity contribution in [3.05, 3.63) is 60.2 Å². The van der Waals surface area contributed by atoms with Crippen LogP contribution in [0.5, 0.6) is 0 Å². The molecular weight excluding hydrogens is 411 g/mol. The summed E-state index contributed by atoms with van der Waals surface area (Å²) in [5.74, 6) is -1.80. The highest BCUT2D eigenvalue weighted by molar-refractivity contribution is 6.43. The maximum absolute atomic E-state index is 12.6. The number of nitrogens with one attached hydrogen (secondary N) is 2. The van der Waals surface area contributed by atoms with E-state index in [4.69, 9.17) is 11.5 Å². The number of hydrogen-bond acceptors (Lipinski definition) is 6. The molecule has 0 fully saturated rings. The number of carbonyl (C=O) groups is 2. The number of likely N-dealkylation sites (N-methyl/N-ethyl adjacent to an activating group) is 1. The van der Waals surface area contributed by atoms with Gasteiger partial charge in [-0.25, -0.2) is 0 Å². The Morgan fingerprint density at radius 3 is 2.28 bits per heavy atom. The molecule has 0 aromatic heterocycles. The van der Waals surface area contributed by atoms with Gasteiger partial charge >= 0.3 is 7.12 Å². The highest BCUT2D eigenvalue weighted by Crippen LogP contribution is 2.17. The maximum Gasteiger partial charge on any atom is 0.475 e. The maximum atomic E-state index is 12.6. The predicted octanol–water partition coefficient (Wildman–Crippen LogP) is 0.0526. The van der Waals surface area contributed by atoms with Crippen LogP contribution in [0.15, 0.2) is 59.6 Å². The van der Waals surface area contributed by atoms with Crippen LogP contribution < -0.4 is 22.1 Å². The molecule has 0 saturated heterocycles. The molecule has 2 aromatic carbocycles. The Labute approximate surface area is 187 Å². The molecule has 8 N–H and O–H groups in total. The molecule has 0 bridgehead atoms. The second-order valence-corrected chi connectivity index (χ2v) is 7.27. The monoisotopic (exact) mass is 440 g/mol. The van der Waals surface area contributed by atoms with Crippen LogP contribution in [0.3, 0.4) is 0 Å². The normalized spacial score (nSPS) is 11.2. The van der Waals surface area contributed by atoms with Crippen LogP contribution in [-0.2, 0) is 4.79 Å². The molecule has 0 spiro atoms. The molecule has 0 heterocycles. The Morgan fingerprint density at radius 1 is 1.06 bits per heavy atom. The van der Waals surface area contributed by atoms with Gasteiger partial charge in [0.05, 0.1) is 12.5 Å². The molecule has 1 atom stereocenters. The molecule has 32 heavy (non-hydrogen) atoms. The molecule has 11 heteroatoms. The van der Waals surface area contributed by atoms with Crippen LogP contribution in [-0.4, -0.2) is 65.9 Å². The lowest BCUT2D eigenvalue weighted by Crippen LogP contribution is -2.49. The first-order valence-electron chi connectivity index (χ1n) is 10.1. The smallest absolute Gasteiger partial charge is 0.426 e. The van der Waals surface area contributed by atoms with Crippen LogP contribution >= 0.6 is 0 Å². The lowest BCUT2D eigenvalue weighted by atomic mass is 9.76. The summed E-state index contributed by atoms with van der Waals surface area (Å²) in [5.41, 5.74) is 12.7. The number of nitrogens with two attached hydrogens (primary N) is 2. The Bertz CT molecular complexity index is 904. The van der Waals surface area contributed by atoms with Gasteiger partial charge in [0.25, 0.3) is 5.91 Å². The van der Waals surface area contributed by atoms with Crippen molar-refractivity contribution < 1.29 is 19.6 Å². The summed E-state index contributed by atoms with van der Waals surface area (Å²) in [6.07, 6.45) is 0.701. The Kier molecular flexibility index (Phi) is 9.52. The molecule has 2 rings (SSSR count). The second-order valence-electron chi connectivity index (χ2n) is 7.27. The Balaban J connectivity index is 1.87. The van der Waals surface area contributed by atoms with Crippen molar-refractivity contribution in [3.8, 4) is 0 Å². The number of guanidine groups is 1. The minimum atomic E-state index is -1.75. The summed E-state index contributed by atoms with van der Waals surface area (Å²) < 4.78 is 0. The largest absolute Gasteiger partial charge is 0.475 e. The van der Waals surface area contributed by atoms with Gasteiger partial charge in [0.15, 0.2) is 5.96 Å². The summed E-state index contributed by atoms with van der Waals surface area (Å²) in [7, 11) is -0.245. The number of para-hydroxylation sites is 1. The number of anilines is 2. The van der Waals surface area contributed by atoms with Crippen molar-refractivity contribution in [1.82, 2.24) is 10.2 Å². The van der Waals surface area contributed by atoms with E-state index in [1.807, 2.05) is 30.3 Å². The van der Waals surface area contributed by atoms with Gasteiger partial charge < -0.3 is 37.0 Å². The van der Waals surface area contributed by atoms with Gasteiger partial charge in [-0.15, -0.1) is 0 Å². The Hall–Kier alpha value is -3.57. The van der Waals surface area contributed by atoms with Crippen molar-refractivity contribution in [3.63, 3.8) is 0 Å². The van der Waals surface area contributed by atoms with E-state index in [0.29, 0.717) is 18.5 Å². The minimum Gasteiger partial charge on any atom is -0.426 e. The van der Waals surface area contributed by atoms with E-state index < -0.39 is 19.0 Å². The van der Waals surface area contributed by atoms with Crippen LogP contribution in [0.2, 0.25) is 0 Å². The van der Waals surface area contributed by atoms with E-state index in [2.05, 4.69) is 15.6 Å². The standard InChI is InChI=1S/C21H29BN6O4/c1-28(14-19(29)27-18(22(31)32)8-5-13-25-21(23)24)20(30)15-9-11-17(12-10-15)26-16-6-3-2-4-7-16/h2-4,6-7,9-12,18,26,31-32H,5,8,13-14H2,1H3,(H,27,29)(H4,23,24,25). The fourth-order valence-electron chi connectivity index (χ4n) is 2.96. The van der Waals surface area contributed by atoms with Crippen LogP contribution in [0.25, 0.3) is 0 Å². The zero-order valence-electron chi connectivity index (χ0n) is 17.9. The van der Waals surface area contributed by atoms with Crippen molar-refractivity contribution in [1.29, 1.82) is 0 Å². The average molecular weight is 440 g/mol. The summed E-state index contributed by atoms with van der Waals surface area (Å²) in [6.45, 7) is 0.0644. The van der Waals surface area contributed by atoms with Gasteiger partial charge in [-0.2, -0.15) is 0 Å². The lowest BCUT2D eigenvalue weighted by Gasteiger charge is -2.21. The van der Waals surface area contributed by atoms with E-state index in [-0.39, 0.29) is 24.8 Å². The van der Waals surface area contributed by atoms with E-state index in [9.17, 15) is 19.6 Å². The highest BCUT2D eigenvalue weighted by atomic mass is 16.4. The second kappa shape index (κ2) is 12.3. The summed E-state index contributed by atoms with van der Waals surface area (Å²) in [6, 6.07) is 16.5. The Morgan fingerprint density at radius 2 is 1.69 bits per heavy atom. The summed E-state index contributed by atoms with van der Waals surface area (Å²) in [4.78, 5) is 30.0. The molecule has 170 valence electrons. The number of hydrogen-bond donors (Lipinski definition) is 6. The number of rotatable bonds is 11. The van der Waals surface area contributed by atoms with Gasteiger partial charge in [-0.3, -0.25) is 14.6 Å². The van der Waals surface area contributed by atoms with E-state index in [0.717, 1.165) is 11.4 Å². The van der Waals surface area contributed by atoms with Crippen LogP contribution in [0, 0.1) is 0 Å². The first-order valence-corrected chi connectivity index (χ1v) is 10.1. The number of benzene rings is 2. The SMILES string of the molecule is CN(CC(=O)NC(CCCN=C(N)N)B(O)O)C(=O)c1ccc(Nc2ccccc2)cc1.